The Balaban J connectivity index is 1.86. The molecule has 0 spiro atoms. The fraction of sp³-hybridized carbons (Fsp3) is 0.263. The molecule has 124 valence electrons. The summed E-state index contributed by atoms with van der Waals surface area (Å²) >= 11 is 3.39. The van der Waals surface area contributed by atoms with Crippen molar-refractivity contribution < 1.29 is 9.59 Å². The van der Waals surface area contributed by atoms with Gasteiger partial charge in [0, 0.05) is 17.6 Å². The highest BCUT2D eigenvalue weighted by Gasteiger charge is 2.29. The maximum atomic E-state index is 12.9. The molecule has 0 aromatic heterocycles. The maximum absolute atomic E-state index is 12.9. The minimum absolute atomic E-state index is 0.0425. The smallest absolute Gasteiger partial charge is 0.253 e. The second-order valence-electron chi connectivity index (χ2n) is 5.83. The van der Waals surface area contributed by atoms with E-state index in [9.17, 15) is 9.59 Å². The van der Waals surface area contributed by atoms with Crippen molar-refractivity contribution >= 4 is 27.7 Å². The van der Waals surface area contributed by atoms with Gasteiger partial charge < -0.3 is 10.2 Å². The van der Waals surface area contributed by atoms with Crippen LogP contribution < -0.4 is 5.32 Å². The fourth-order valence-electron chi connectivity index (χ4n) is 2.91. The van der Waals surface area contributed by atoms with Crippen molar-refractivity contribution in [2.45, 2.75) is 18.9 Å². The van der Waals surface area contributed by atoms with Gasteiger partial charge in [0.25, 0.3) is 5.91 Å². The highest BCUT2D eigenvalue weighted by molar-refractivity contribution is 9.10. The molecule has 1 N–H and O–H groups in total. The Labute approximate surface area is 150 Å². The van der Waals surface area contributed by atoms with Gasteiger partial charge in [-0.1, -0.05) is 42.5 Å². The van der Waals surface area contributed by atoms with Crippen LogP contribution in [0.25, 0.3) is 0 Å². The Bertz CT molecular complexity index is 727. The molecule has 24 heavy (non-hydrogen) atoms. The van der Waals surface area contributed by atoms with Crippen LogP contribution >= 0.6 is 15.9 Å². The van der Waals surface area contributed by atoms with Crippen LogP contribution in [0.5, 0.6) is 0 Å². The summed E-state index contributed by atoms with van der Waals surface area (Å²) in [7, 11) is 0. The molecule has 4 nitrogen and oxygen atoms in total. The number of likely N-dealkylation sites (tertiary alicyclic amines) is 1. The van der Waals surface area contributed by atoms with Gasteiger partial charge in [-0.3, -0.25) is 9.59 Å². The Hall–Kier alpha value is -2.14. The lowest BCUT2D eigenvalue weighted by molar-refractivity contribution is -0.132. The van der Waals surface area contributed by atoms with Crippen LogP contribution in [0.4, 0.5) is 0 Å². The molecule has 2 aromatic rings. The molecule has 1 aliphatic rings. The average molecular weight is 387 g/mol. The zero-order chi connectivity index (χ0) is 16.9. The number of rotatable bonds is 4. The minimum Gasteiger partial charge on any atom is -0.341 e. The maximum Gasteiger partial charge on any atom is 0.253 e. The summed E-state index contributed by atoms with van der Waals surface area (Å²) in [5, 5.41) is 2.91. The van der Waals surface area contributed by atoms with Gasteiger partial charge in [0.05, 0.1) is 5.56 Å². The highest BCUT2D eigenvalue weighted by atomic mass is 79.9. The standard InChI is InChI=1S/C19H19BrN2O2/c20-16-11-5-4-10-15(16)18(23)21-17(14-8-2-1-3-9-14)19(24)22-12-6-7-13-22/h1-5,8-11,17H,6-7,12-13H2,(H,21,23)/t17-/m0/s1. The predicted molar refractivity (Wildman–Crippen MR) is 96.6 cm³/mol. The van der Waals surface area contributed by atoms with Gasteiger partial charge in [-0.2, -0.15) is 0 Å². The number of benzene rings is 2. The van der Waals surface area contributed by atoms with Crippen molar-refractivity contribution in [3.8, 4) is 0 Å². The Morgan fingerprint density at radius 3 is 2.25 bits per heavy atom. The van der Waals surface area contributed by atoms with Crippen molar-refractivity contribution in [2.75, 3.05) is 13.1 Å². The van der Waals surface area contributed by atoms with E-state index >= 15 is 0 Å². The first-order valence-corrected chi connectivity index (χ1v) is 8.85. The normalized spacial score (nSPS) is 15.1. The second-order valence-corrected chi connectivity index (χ2v) is 6.68. The molecule has 0 unspecified atom stereocenters. The number of amides is 2. The Kier molecular flexibility index (Phi) is 5.30. The summed E-state index contributed by atoms with van der Waals surface area (Å²) in [5.74, 6) is -0.303. The lowest BCUT2D eigenvalue weighted by atomic mass is 10.0. The molecule has 3 rings (SSSR count). The lowest BCUT2D eigenvalue weighted by Gasteiger charge is -2.24. The third kappa shape index (κ3) is 3.67. The number of hydrogen-bond acceptors (Lipinski definition) is 2. The van der Waals surface area contributed by atoms with E-state index in [4.69, 9.17) is 0 Å². The van der Waals surface area contributed by atoms with Crippen molar-refractivity contribution in [1.82, 2.24) is 10.2 Å². The summed E-state index contributed by atoms with van der Waals surface area (Å²) in [6.07, 6.45) is 2.04. The molecule has 1 aliphatic heterocycles. The van der Waals surface area contributed by atoms with Crippen LogP contribution in [0.2, 0.25) is 0 Å². The first kappa shape index (κ1) is 16.7. The van der Waals surface area contributed by atoms with Gasteiger partial charge in [-0.25, -0.2) is 0 Å². The molecule has 0 saturated carbocycles. The van der Waals surface area contributed by atoms with Crippen molar-refractivity contribution in [1.29, 1.82) is 0 Å². The van der Waals surface area contributed by atoms with E-state index in [1.807, 2.05) is 47.4 Å². The number of carbonyl (C=O) groups excluding carboxylic acids is 2. The van der Waals surface area contributed by atoms with E-state index in [1.54, 1.807) is 12.1 Å². The van der Waals surface area contributed by atoms with E-state index in [0.717, 1.165) is 31.5 Å². The molecule has 0 radical (unpaired) electrons. The largest absolute Gasteiger partial charge is 0.341 e. The SMILES string of the molecule is O=C(N[C@H](C(=O)N1CCCC1)c1ccccc1)c1ccccc1Br. The molecular weight excluding hydrogens is 368 g/mol. The topological polar surface area (TPSA) is 49.4 Å². The summed E-state index contributed by atoms with van der Waals surface area (Å²) in [6.45, 7) is 1.51. The zero-order valence-electron chi connectivity index (χ0n) is 13.2. The Morgan fingerprint density at radius 1 is 0.958 bits per heavy atom. The summed E-state index contributed by atoms with van der Waals surface area (Å²) in [6, 6.07) is 16.0. The minimum atomic E-state index is -0.663. The molecule has 1 fully saturated rings. The van der Waals surface area contributed by atoms with Crippen LogP contribution in [0.3, 0.4) is 0 Å². The van der Waals surface area contributed by atoms with Crippen LogP contribution in [0.1, 0.15) is 34.8 Å². The quantitative estimate of drug-likeness (QED) is 0.873. The van der Waals surface area contributed by atoms with Crippen LogP contribution in [-0.4, -0.2) is 29.8 Å². The van der Waals surface area contributed by atoms with Gasteiger partial charge >= 0.3 is 0 Å². The monoisotopic (exact) mass is 386 g/mol. The van der Waals surface area contributed by atoms with Crippen LogP contribution in [0, 0.1) is 0 Å². The van der Waals surface area contributed by atoms with Gasteiger partial charge in [0.2, 0.25) is 5.91 Å². The Morgan fingerprint density at radius 2 is 1.58 bits per heavy atom. The average Bonchev–Trinajstić information content (AvgIpc) is 3.15. The summed E-state index contributed by atoms with van der Waals surface area (Å²) < 4.78 is 0.711. The van der Waals surface area contributed by atoms with Crippen LogP contribution in [-0.2, 0) is 4.79 Å². The van der Waals surface area contributed by atoms with Gasteiger partial charge in [0.15, 0.2) is 0 Å². The van der Waals surface area contributed by atoms with Crippen molar-refractivity contribution in [3.63, 3.8) is 0 Å². The first-order valence-electron chi connectivity index (χ1n) is 8.06. The molecule has 1 atom stereocenters. The number of halogens is 1. The van der Waals surface area contributed by atoms with E-state index in [1.165, 1.54) is 0 Å². The number of nitrogens with one attached hydrogen (secondary N) is 1. The molecule has 2 amide bonds. The predicted octanol–water partition coefficient (Wildman–Crippen LogP) is 3.54. The molecule has 2 aromatic carbocycles. The van der Waals surface area contributed by atoms with Crippen molar-refractivity contribution in [2.24, 2.45) is 0 Å². The number of nitrogens with zero attached hydrogens (tertiary/aromatic N) is 1. The van der Waals surface area contributed by atoms with Crippen molar-refractivity contribution in [3.05, 3.63) is 70.2 Å². The first-order chi connectivity index (χ1) is 11.7. The van der Waals surface area contributed by atoms with Crippen LogP contribution in [0.15, 0.2) is 59.1 Å². The molecular formula is C19H19BrN2O2. The molecule has 5 heteroatoms. The van der Waals surface area contributed by atoms with E-state index in [-0.39, 0.29) is 11.8 Å². The third-order valence-corrected chi connectivity index (χ3v) is 4.88. The molecule has 0 bridgehead atoms. The highest BCUT2D eigenvalue weighted by Crippen LogP contribution is 2.21. The summed E-state index contributed by atoms with van der Waals surface area (Å²) in [5.41, 5.74) is 1.32. The van der Waals surface area contributed by atoms with Gasteiger partial charge in [0.1, 0.15) is 6.04 Å². The molecule has 1 saturated heterocycles. The van der Waals surface area contributed by atoms with E-state index in [2.05, 4.69) is 21.2 Å². The fourth-order valence-corrected chi connectivity index (χ4v) is 3.37. The summed E-state index contributed by atoms with van der Waals surface area (Å²) in [4.78, 5) is 27.4. The van der Waals surface area contributed by atoms with E-state index < -0.39 is 6.04 Å². The number of hydrogen-bond donors (Lipinski definition) is 1. The lowest BCUT2D eigenvalue weighted by Crippen LogP contribution is -2.41. The van der Waals surface area contributed by atoms with E-state index in [0.29, 0.717) is 10.0 Å². The zero-order valence-corrected chi connectivity index (χ0v) is 14.8. The molecule has 0 aliphatic carbocycles. The third-order valence-electron chi connectivity index (χ3n) is 4.19. The molecule has 1 heterocycles. The number of carbonyl (C=O) groups is 2. The van der Waals surface area contributed by atoms with Gasteiger partial charge in [-0.15, -0.1) is 0 Å². The van der Waals surface area contributed by atoms with Gasteiger partial charge in [-0.05, 0) is 46.5 Å². The second kappa shape index (κ2) is 7.62.